The lowest BCUT2D eigenvalue weighted by atomic mass is 10.0. The highest BCUT2D eigenvalue weighted by molar-refractivity contribution is 7.38. The van der Waals surface area contributed by atoms with Gasteiger partial charge in [0.05, 0.1) is 21.1 Å². The second-order valence-electron chi connectivity index (χ2n) is 10.8. The fraction of sp³-hybridized carbons (Fsp3) is 0.862. The molecule has 0 spiro atoms. The van der Waals surface area contributed by atoms with Crippen molar-refractivity contribution in [3.63, 3.8) is 0 Å². The number of allylic oxidation sites excluding steroid dienone is 3. The first kappa shape index (κ1) is 32.5. The molecule has 0 heterocycles. The zero-order chi connectivity index (χ0) is 24.8. The van der Waals surface area contributed by atoms with E-state index < -0.39 is 13.3 Å². The maximum absolute atomic E-state index is 12.0. The first-order valence-corrected chi connectivity index (χ1v) is 15.2. The van der Waals surface area contributed by atoms with Crippen LogP contribution in [0.2, 0.25) is 0 Å². The van der Waals surface area contributed by atoms with Crippen LogP contribution in [0.1, 0.15) is 135 Å². The van der Waals surface area contributed by atoms with Gasteiger partial charge in [0.25, 0.3) is 5.28 Å². The normalized spacial score (nSPS) is 14.5. The molecule has 0 bridgehead atoms. The number of nitrogens with zero attached hydrogens (tertiary/aromatic N) is 1. The maximum atomic E-state index is 12.0. The summed E-state index contributed by atoms with van der Waals surface area (Å²) in [6, 6.07) is 0. The van der Waals surface area contributed by atoms with Crippen LogP contribution in [-0.2, 0) is 4.57 Å². The zero-order valence-electron chi connectivity index (χ0n) is 22.8. The Hall–Kier alpha value is -0.500. The Morgan fingerprint density at radius 3 is 1.39 bits per heavy atom. The van der Waals surface area contributed by atoms with E-state index in [-0.39, 0.29) is 0 Å². The summed E-state index contributed by atoms with van der Waals surface area (Å²) in [4.78, 5) is 12.0. The van der Waals surface area contributed by atoms with Crippen LogP contribution in [0.5, 0.6) is 0 Å². The molecule has 0 saturated carbocycles. The standard InChI is InChI=1S/C29H57NO2P/c1-6-8-9-10-11-12-13-14-15-16-17-18-19-20-21-22-23-24-25-26-27-28-29(7-2,33(31)32)30(3,4)5/h6,17-18H,1,7-16,19-28H2,2-5H3/q+1. The van der Waals surface area contributed by atoms with Gasteiger partial charge in [0.15, 0.2) is 0 Å². The van der Waals surface area contributed by atoms with Crippen LogP contribution in [0.3, 0.4) is 0 Å². The van der Waals surface area contributed by atoms with Gasteiger partial charge in [-0.25, -0.2) is 0 Å². The highest BCUT2D eigenvalue weighted by Crippen LogP contribution is 2.44. The lowest BCUT2D eigenvalue weighted by molar-refractivity contribution is -0.910. The number of hydrogen-bond acceptors (Lipinski definition) is 2. The van der Waals surface area contributed by atoms with Crippen LogP contribution in [0.15, 0.2) is 24.8 Å². The smallest absolute Gasteiger partial charge is 0.376 e. The van der Waals surface area contributed by atoms with Crippen molar-refractivity contribution in [2.75, 3.05) is 21.1 Å². The minimum Gasteiger partial charge on any atom is -0.590 e. The molecule has 33 heavy (non-hydrogen) atoms. The Labute approximate surface area is 208 Å². The van der Waals surface area contributed by atoms with E-state index in [9.17, 15) is 9.46 Å². The highest BCUT2D eigenvalue weighted by Gasteiger charge is 2.52. The monoisotopic (exact) mass is 482 g/mol. The molecule has 0 aliphatic rings. The molecule has 0 amide bonds. The Balaban J connectivity index is 3.51. The van der Waals surface area contributed by atoms with Gasteiger partial charge in [-0.05, 0) is 44.9 Å². The molecule has 0 rings (SSSR count). The van der Waals surface area contributed by atoms with E-state index in [1.807, 2.05) is 34.1 Å². The average molecular weight is 483 g/mol. The third kappa shape index (κ3) is 15.9. The van der Waals surface area contributed by atoms with Crippen molar-refractivity contribution in [1.82, 2.24) is 0 Å². The Kier molecular flexibility index (Phi) is 20.5. The van der Waals surface area contributed by atoms with Crippen molar-refractivity contribution >= 4 is 8.03 Å². The van der Waals surface area contributed by atoms with Crippen molar-refractivity contribution in [3.05, 3.63) is 24.8 Å². The molecule has 194 valence electrons. The van der Waals surface area contributed by atoms with Gasteiger partial charge < -0.3 is 4.89 Å². The summed E-state index contributed by atoms with van der Waals surface area (Å²) < 4.78 is 12.5. The van der Waals surface area contributed by atoms with Crippen LogP contribution in [0.4, 0.5) is 0 Å². The Morgan fingerprint density at radius 1 is 0.697 bits per heavy atom. The first-order chi connectivity index (χ1) is 15.8. The summed E-state index contributed by atoms with van der Waals surface area (Å²) in [5.74, 6) is 0. The van der Waals surface area contributed by atoms with Crippen LogP contribution in [0, 0.1) is 0 Å². The molecule has 0 aromatic rings. The Morgan fingerprint density at radius 2 is 1.06 bits per heavy atom. The third-order valence-electron chi connectivity index (χ3n) is 7.30. The minimum atomic E-state index is -2.42. The molecular formula is C29H57NO2P+. The molecule has 3 nitrogen and oxygen atoms in total. The second-order valence-corrected chi connectivity index (χ2v) is 12.1. The summed E-state index contributed by atoms with van der Waals surface area (Å²) in [5, 5.41) is -0.603. The first-order valence-electron chi connectivity index (χ1n) is 14.0. The van der Waals surface area contributed by atoms with Crippen LogP contribution < -0.4 is 4.89 Å². The molecule has 2 atom stereocenters. The van der Waals surface area contributed by atoms with Crippen LogP contribution >= 0.6 is 8.03 Å². The van der Waals surface area contributed by atoms with Crippen LogP contribution in [-0.4, -0.2) is 30.9 Å². The lowest BCUT2D eigenvalue weighted by Gasteiger charge is -2.39. The summed E-state index contributed by atoms with van der Waals surface area (Å²) in [6.07, 6.45) is 31.6. The molecule has 0 saturated heterocycles. The van der Waals surface area contributed by atoms with E-state index in [0.29, 0.717) is 10.9 Å². The summed E-state index contributed by atoms with van der Waals surface area (Å²) in [6.45, 7) is 5.79. The summed E-state index contributed by atoms with van der Waals surface area (Å²) in [5.41, 5.74) is 0. The molecule has 0 N–H and O–H groups in total. The molecule has 0 fully saturated rings. The molecule has 2 unspecified atom stereocenters. The predicted molar refractivity (Wildman–Crippen MR) is 146 cm³/mol. The van der Waals surface area contributed by atoms with Gasteiger partial charge >= 0.3 is 8.03 Å². The van der Waals surface area contributed by atoms with E-state index >= 15 is 0 Å². The van der Waals surface area contributed by atoms with Crippen molar-refractivity contribution in [2.24, 2.45) is 0 Å². The topological polar surface area (TPSA) is 40.1 Å². The lowest BCUT2D eigenvalue weighted by Crippen LogP contribution is -2.55. The number of quaternary nitrogens is 1. The van der Waals surface area contributed by atoms with Gasteiger partial charge in [0.1, 0.15) is 0 Å². The minimum absolute atomic E-state index is 0.507. The molecule has 0 aliphatic carbocycles. The SMILES string of the molecule is C=CCCCCCCCCCC=CCCCCCCCCCCC(CC)([P+](=O)[O-])[N+](C)(C)C. The quantitative estimate of drug-likeness (QED) is 0.0595. The van der Waals surface area contributed by atoms with Gasteiger partial charge in [0, 0.05) is 12.8 Å². The van der Waals surface area contributed by atoms with E-state index in [4.69, 9.17) is 0 Å². The van der Waals surface area contributed by atoms with Crippen LogP contribution in [0.25, 0.3) is 0 Å². The maximum Gasteiger partial charge on any atom is 0.376 e. The van der Waals surface area contributed by atoms with E-state index in [2.05, 4.69) is 18.7 Å². The van der Waals surface area contributed by atoms with Crippen molar-refractivity contribution in [2.45, 2.75) is 141 Å². The third-order valence-corrected chi connectivity index (χ3v) is 9.12. The molecule has 4 heteroatoms. The predicted octanol–water partition coefficient (Wildman–Crippen LogP) is 9.06. The fourth-order valence-corrected chi connectivity index (χ4v) is 5.94. The highest BCUT2D eigenvalue weighted by atomic mass is 31.1. The van der Waals surface area contributed by atoms with E-state index in [0.717, 1.165) is 19.3 Å². The second kappa shape index (κ2) is 20.8. The molecule has 0 radical (unpaired) electrons. The van der Waals surface area contributed by atoms with Gasteiger partial charge in [-0.2, -0.15) is 0 Å². The van der Waals surface area contributed by atoms with Gasteiger partial charge in [-0.15, -0.1) is 6.58 Å². The molecular weight excluding hydrogens is 425 g/mol. The zero-order valence-corrected chi connectivity index (χ0v) is 23.7. The van der Waals surface area contributed by atoms with E-state index in [1.165, 1.54) is 103 Å². The summed E-state index contributed by atoms with van der Waals surface area (Å²) >= 11 is 0. The van der Waals surface area contributed by atoms with Gasteiger partial charge in [-0.3, -0.25) is 4.48 Å². The van der Waals surface area contributed by atoms with Gasteiger partial charge in [0.2, 0.25) is 0 Å². The Bertz CT molecular complexity index is 512. The van der Waals surface area contributed by atoms with Crippen molar-refractivity contribution in [3.8, 4) is 0 Å². The fourth-order valence-electron chi connectivity index (χ4n) is 4.85. The van der Waals surface area contributed by atoms with Crippen molar-refractivity contribution in [1.29, 1.82) is 0 Å². The molecule has 0 aromatic carbocycles. The number of hydrogen-bond donors (Lipinski definition) is 0. The largest absolute Gasteiger partial charge is 0.590 e. The average Bonchev–Trinajstić information content (AvgIpc) is 2.76. The van der Waals surface area contributed by atoms with Crippen molar-refractivity contribution < 1.29 is 13.9 Å². The molecule has 0 aromatic heterocycles. The number of unbranched alkanes of at least 4 members (excludes halogenated alkanes) is 16. The molecule has 0 aliphatic heterocycles. The number of rotatable bonds is 24. The van der Waals surface area contributed by atoms with Gasteiger partial charge in [-0.1, -0.05) is 100 Å². The summed E-state index contributed by atoms with van der Waals surface area (Å²) in [7, 11) is 3.62. The van der Waals surface area contributed by atoms with E-state index in [1.54, 1.807) is 0 Å².